The molecule has 0 radical (unpaired) electrons. The molecule has 0 bridgehead atoms. The van der Waals surface area contributed by atoms with E-state index in [1.165, 1.54) is 257 Å². The maximum absolute atomic E-state index is 13.2. The molecule has 0 spiro atoms. The summed E-state index contributed by atoms with van der Waals surface area (Å²) in [6.45, 7) is 3.77. The molecule has 1 saturated heterocycles. The smallest absolute Gasteiger partial charge is 0.220 e. The quantitative estimate of drug-likeness (QED) is 0.0261. The summed E-state index contributed by atoms with van der Waals surface area (Å²) in [7, 11) is 0. The van der Waals surface area contributed by atoms with Gasteiger partial charge in [0.05, 0.1) is 25.4 Å². The highest BCUT2D eigenvalue weighted by Crippen LogP contribution is 2.24. The molecule has 492 valence electrons. The van der Waals surface area contributed by atoms with Crippen molar-refractivity contribution in [3.63, 3.8) is 0 Å². The standard InChI is InChI=1S/C75H139NO8/c1-3-5-7-9-11-13-15-17-19-21-23-25-27-29-30-31-32-33-34-35-36-37-38-39-40-41-43-45-47-49-51-53-55-57-59-61-63-65-71(79)76-68(67-83-75-74(82)73(81)72(80)70(66-77)84-75)69(78)64-62-60-58-56-54-52-50-48-46-44-42-28-26-24-22-20-18-16-14-12-10-8-6-4-2/h5,7,11,13,17,19,23,25,29-30,68-70,72-75,77-78,80-82H,3-4,6,8-10,12,14-16,18,20-22,24,26-28,31-67H2,1-2H3,(H,76,79)/b7-5-,13-11-,19-17-,25-23-,30-29-. The number of rotatable bonds is 64. The molecule has 7 unspecified atom stereocenters. The number of nitrogens with one attached hydrogen (secondary N) is 1. The van der Waals surface area contributed by atoms with Crippen molar-refractivity contribution < 1.29 is 39.8 Å². The first-order valence-electron chi connectivity index (χ1n) is 36.5. The Morgan fingerprint density at radius 2 is 0.738 bits per heavy atom. The van der Waals surface area contributed by atoms with Crippen LogP contribution < -0.4 is 5.32 Å². The Morgan fingerprint density at radius 3 is 1.10 bits per heavy atom. The van der Waals surface area contributed by atoms with E-state index in [4.69, 9.17) is 9.47 Å². The molecule has 0 aromatic heterocycles. The Labute approximate surface area is 519 Å². The van der Waals surface area contributed by atoms with Gasteiger partial charge in [-0.2, -0.15) is 0 Å². The third-order valence-electron chi connectivity index (χ3n) is 17.4. The predicted octanol–water partition coefficient (Wildman–Crippen LogP) is 20.1. The molecule has 6 N–H and O–H groups in total. The average Bonchev–Trinajstić information content (AvgIpc) is 3.70. The Morgan fingerprint density at radius 1 is 0.417 bits per heavy atom. The van der Waals surface area contributed by atoms with Gasteiger partial charge in [-0.25, -0.2) is 0 Å². The maximum atomic E-state index is 13.2. The number of aliphatic hydroxyl groups is 5. The summed E-state index contributed by atoms with van der Waals surface area (Å²) in [4.78, 5) is 13.2. The zero-order chi connectivity index (χ0) is 60.7. The van der Waals surface area contributed by atoms with Crippen molar-refractivity contribution in [2.24, 2.45) is 0 Å². The molecular weight excluding hydrogens is 1040 g/mol. The number of carbonyl (C=O) groups is 1. The van der Waals surface area contributed by atoms with E-state index in [0.717, 1.165) is 70.6 Å². The number of allylic oxidation sites excluding steroid dienone is 10. The van der Waals surface area contributed by atoms with E-state index in [9.17, 15) is 30.3 Å². The Kier molecular flexibility index (Phi) is 60.8. The molecule has 0 aromatic carbocycles. The van der Waals surface area contributed by atoms with Gasteiger partial charge in [0, 0.05) is 6.42 Å². The summed E-state index contributed by atoms with van der Waals surface area (Å²) >= 11 is 0. The lowest BCUT2D eigenvalue weighted by Gasteiger charge is -2.40. The lowest BCUT2D eigenvalue weighted by atomic mass is 9.99. The Balaban J connectivity index is 2.07. The van der Waals surface area contributed by atoms with Gasteiger partial charge in [0.1, 0.15) is 24.4 Å². The summed E-state index contributed by atoms with van der Waals surface area (Å²) < 4.78 is 11.4. The van der Waals surface area contributed by atoms with E-state index in [0.29, 0.717) is 12.8 Å². The van der Waals surface area contributed by atoms with E-state index in [1.807, 2.05) is 0 Å². The second-order valence-electron chi connectivity index (χ2n) is 25.4. The van der Waals surface area contributed by atoms with Crippen LogP contribution in [0, 0.1) is 0 Å². The minimum Gasteiger partial charge on any atom is -0.394 e. The SMILES string of the molecule is CC/C=C\C/C=C\C/C=C\C/C=C\C/C=C\CCCCCCCCCCCCCCCCCCCCCCCC(=O)NC(COC1OC(CO)C(O)C(O)C1O)C(O)CCCCCCCCCCCCCCCCCCCCCCCCCC. The van der Waals surface area contributed by atoms with E-state index in [2.05, 4.69) is 79.9 Å². The molecule has 1 fully saturated rings. The summed E-state index contributed by atoms with van der Waals surface area (Å²) in [6.07, 6.45) is 81.6. The Hall–Kier alpha value is -2.11. The van der Waals surface area contributed by atoms with Gasteiger partial charge in [-0.15, -0.1) is 0 Å². The minimum atomic E-state index is -1.55. The summed E-state index contributed by atoms with van der Waals surface area (Å²) in [5.74, 6) is -0.137. The number of unbranched alkanes of at least 4 members (excludes halogenated alkanes) is 44. The fourth-order valence-electron chi connectivity index (χ4n) is 11.7. The minimum absolute atomic E-state index is 0.135. The first kappa shape index (κ1) is 79.9. The summed E-state index contributed by atoms with van der Waals surface area (Å²) in [5, 5.41) is 55.0. The van der Waals surface area contributed by atoms with Crippen LogP contribution in [0.15, 0.2) is 60.8 Å². The largest absolute Gasteiger partial charge is 0.394 e. The third-order valence-corrected chi connectivity index (χ3v) is 17.4. The van der Waals surface area contributed by atoms with Gasteiger partial charge in [-0.3, -0.25) is 4.79 Å². The molecule has 9 nitrogen and oxygen atoms in total. The highest BCUT2D eigenvalue weighted by molar-refractivity contribution is 5.76. The maximum Gasteiger partial charge on any atom is 0.220 e. The van der Waals surface area contributed by atoms with Crippen molar-refractivity contribution in [1.29, 1.82) is 0 Å². The average molecular weight is 1180 g/mol. The van der Waals surface area contributed by atoms with Crippen molar-refractivity contribution in [3.8, 4) is 0 Å². The number of ether oxygens (including phenoxy) is 2. The van der Waals surface area contributed by atoms with Crippen LogP contribution in [0.2, 0.25) is 0 Å². The van der Waals surface area contributed by atoms with Gasteiger partial charge < -0.3 is 40.3 Å². The van der Waals surface area contributed by atoms with Crippen LogP contribution in [0.3, 0.4) is 0 Å². The second kappa shape index (κ2) is 63.9. The number of hydrogen-bond acceptors (Lipinski definition) is 8. The third kappa shape index (κ3) is 51.9. The molecule has 7 atom stereocenters. The predicted molar refractivity (Wildman–Crippen MR) is 359 cm³/mol. The van der Waals surface area contributed by atoms with Gasteiger partial charge >= 0.3 is 0 Å². The molecule has 0 aliphatic carbocycles. The van der Waals surface area contributed by atoms with Crippen LogP contribution in [0.4, 0.5) is 0 Å². The first-order chi connectivity index (χ1) is 41.3. The zero-order valence-corrected chi connectivity index (χ0v) is 55.2. The normalized spacial score (nSPS) is 18.5. The molecule has 84 heavy (non-hydrogen) atoms. The molecule has 1 aliphatic heterocycles. The molecule has 0 aromatic rings. The van der Waals surface area contributed by atoms with Crippen LogP contribution in [0.1, 0.15) is 354 Å². The Bertz CT molecular complexity index is 1510. The van der Waals surface area contributed by atoms with Gasteiger partial charge in [0.25, 0.3) is 0 Å². The van der Waals surface area contributed by atoms with E-state index in [-0.39, 0.29) is 12.5 Å². The van der Waals surface area contributed by atoms with Crippen LogP contribution in [0.25, 0.3) is 0 Å². The lowest BCUT2D eigenvalue weighted by molar-refractivity contribution is -0.302. The highest BCUT2D eigenvalue weighted by Gasteiger charge is 2.44. The van der Waals surface area contributed by atoms with Crippen molar-refractivity contribution in [3.05, 3.63) is 60.8 Å². The van der Waals surface area contributed by atoms with Gasteiger partial charge in [-0.1, -0.05) is 351 Å². The van der Waals surface area contributed by atoms with E-state index >= 15 is 0 Å². The number of amides is 1. The van der Waals surface area contributed by atoms with Crippen LogP contribution >= 0.6 is 0 Å². The van der Waals surface area contributed by atoms with Crippen molar-refractivity contribution in [2.45, 2.75) is 397 Å². The molecular formula is C75H139NO8. The number of aliphatic hydroxyl groups excluding tert-OH is 5. The molecule has 1 heterocycles. The van der Waals surface area contributed by atoms with Gasteiger partial charge in [-0.05, 0) is 57.8 Å². The molecule has 1 aliphatic rings. The molecule has 1 rings (SSSR count). The lowest BCUT2D eigenvalue weighted by Crippen LogP contribution is -2.60. The van der Waals surface area contributed by atoms with Gasteiger partial charge in [0.15, 0.2) is 6.29 Å². The summed E-state index contributed by atoms with van der Waals surface area (Å²) in [5.41, 5.74) is 0. The van der Waals surface area contributed by atoms with E-state index in [1.54, 1.807) is 0 Å². The monoisotopic (exact) mass is 1180 g/mol. The van der Waals surface area contributed by atoms with Crippen molar-refractivity contribution in [2.75, 3.05) is 13.2 Å². The van der Waals surface area contributed by atoms with Crippen LogP contribution in [-0.4, -0.2) is 87.5 Å². The van der Waals surface area contributed by atoms with E-state index < -0.39 is 49.5 Å². The van der Waals surface area contributed by atoms with Crippen LogP contribution in [-0.2, 0) is 14.3 Å². The van der Waals surface area contributed by atoms with Crippen molar-refractivity contribution >= 4 is 5.91 Å². The molecule has 0 saturated carbocycles. The number of hydrogen-bond donors (Lipinski definition) is 6. The topological polar surface area (TPSA) is 149 Å². The summed E-state index contributed by atoms with van der Waals surface area (Å²) in [6, 6.07) is -0.720. The second-order valence-corrected chi connectivity index (χ2v) is 25.4. The fourth-order valence-corrected chi connectivity index (χ4v) is 11.7. The fraction of sp³-hybridized carbons (Fsp3) is 0.853. The van der Waals surface area contributed by atoms with Gasteiger partial charge in [0.2, 0.25) is 5.91 Å². The van der Waals surface area contributed by atoms with Crippen LogP contribution in [0.5, 0.6) is 0 Å². The highest BCUT2D eigenvalue weighted by atomic mass is 16.7. The number of carbonyl (C=O) groups excluding carboxylic acids is 1. The first-order valence-corrected chi connectivity index (χ1v) is 36.5. The molecule has 1 amide bonds. The van der Waals surface area contributed by atoms with Crippen molar-refractivity contribution in [1.82, 2.24) is 5.32 Å². The molecule has 9 heteroatoms. The zero-order valence-electron chi connectivity index (χ0n) is 55.2.